The molecule has 4 rings (SSSR count). The zero-order valence-electron chi connectivity index (χ0n) is 18.5. The lowest BCUT2D eigenvalue weighted by atomic mass is 9.98. The summed E-state index contributed by atoms with van der Waals surface area (Å²) in [5.74, 6) is -1.68. The van der Waals surface area contributed by atoms with Crippen LogP contribution in [-0.2, 0) is 20.9 Å². The lowest BCUT2D eigenvalue weighted by molar-refractivity contribution is -0.137. The largest absolute Gasteiger partial charge is 0.481 e. The standard InChI is InChI=1S/C24H24N4O5S/c1-14-21(34-28-27-14)12-25-23(31)20(10-11-22(29)30)26-24(32)33-13-19-17-8-4-2-6-15(17)16-7-3-5-9-18(16)19/h2-9,19-20H,10-13H2,1H3,(H,25,31)(H,26,32)(H,29,30). The first-order chi connectivity index (χ1) is 16.4. The number of alkyl carbamates (subject to hydrolysis) is 1. The Kier molecular flexibility index (Phi) is 7.17. The molecule has 0 saturated heterocycles. The van der Waals surface area contributed by atoms with Gasteiger partial charge in [-0.3, -0.25) is 9.59 Å². The monoisotopic (exact) mass is 480 g/mol. The molecule has 10 heteroatoms. The summed E-state index contributed by atoms with van der Waals surface area (Å²) in [7, 11) is 0. The van der Waals surface area contributed by atoms with Crippen LogP contribution >= 0.6 is 11.5 Å². The average molecular weight is 481 g/mol. The van der Waals surface area contributed by atoms with Gasteiger partial charge in [0, 0.05) is 12.3 Å². The van der Waals surface area contributed by atoms with Crippen molar-refractivity contribution in [1.82, 2.24) is 20.2 Å². The van der Waals surface area contributed by atoms with Gasteiger partial charge in [0.05, 0.1) is 17.1 Å². The Balaban J connectivity index is 1.39. The summed E-state index contributed by atoms with van der Waals surface area (Å²) >= 11 is 1.16. The van der Waals surface area contributed by atoms with Crippen molar-refractivity contribution in [3.8, 4) is 11.1 Å². The SMILES string of the molecule is Cc1nnsc1CNC(=O)C(CCC(=O)O)NC(=O)OCC1c2ccccc2-c2ccccc21. The van der Waals surface area contributed by atoms with E-state index in [1.807, 2.05) is 48.5 Å². The third kappa shape index (κ3) is 5.23. The lowest BCUT2D eigenvalue weighted by Gasteiger charge is -2.19. The number of carbonyl (C=O) groups excluding carboxylic acids is 2. The molecule has 1 aliphatic rings. The predicted octanol–water partition coefficient (Wildman–Crippen LogP) is 3.23. The Morgan fingerprint density at radius 2 is 1.74 bits per heavy atom. The van der Waals surface area contributed by atoms with Gasteiger partial charge in [-0.15, -0.1) is 5.10 Å². The van der Waals surface area contributed by atoms with Gasteiger partial charge >= 0.3 is 12.1 Å². The smallest absolute Gasteiger partial charge is 0.407 e. The third-order valence-electron chi connectivity index (χ3n) is 5.77. The summed E-state index contributed by atoms with van der Waals surface area (Å²) in [6.07, 6.45) is -1.11. The van der Waals surface area contributed by atoms with Gasteiger partial charge in [-0.05, 0) is 47.1 Å². The maximum Gasteiger partial charge on any atom is 0.407 e. The van der Waals surface area contributed by atoms with Crippen LogP contribution in [0.15, 0.2) is 48.5 Å². The number of aliphatic carboxylic acids is 1. The number of carboxylic acids is 1. The van der Waals surface area contributed by atoms with E-state index >= 15 is 0 Å². The van der Waals surface area contributed by atoms with E-state index in [1.165, 1.54) is 0 Å². The molecule has 1 heterocycles. The second kappa shape index (κ2) is 10.4. The number of rotatable bonds is 9. The van der Waals surface area contributed by atoms with E-state index in [2.05, 4.69) is 20.2 Å². The van der Waals surface area contributed by atoms with Gasteiger partial charge in [-0.2, -0.15) is 0 Å². The Hall–Kier alpha value is -3.79. The van der Waals surface area contributed by atoms with Gasteiger partial charge in [-0.25, -0.2) is 4.79 Å². The molecule has 0 aliphatic heterocycles. The maximum atomic E-state index is 12.7. The van der Waals surface area contributed by atoms with E-state index in [9.17, 15) is 14.4 Å². The highest BCUT2D eigenvalue weighted by Crippen LogP contribution is 2.44. The first-order valence-electron chi connectivity index (χ1n) is 10.8. The number of ether oxygens (including phenoxy) is 1. The molecule has 0 fully saturated rings. The number of nitrogens with zero attached hydrogens (tertiary/aromatic N) is 2. The number of carboxylic acid groups (broad SMARTS) is 1. The summed E-state index contributed by atoms with van der Waals surface area (Å²) < 4.78 is 9.32. The molecule has 1 aliphatic carbocycles. The second-order valence-corrected chi connectivity index (χ2v) is 8.79. The molecule has 0 saturated carbocycles. The molecule has 3 aromatic rings. The highest BCUT2D eigenvalue weighted by atomic mass is 32.1. The second-order valence-electron chi connectivity index (χ2n) is 7.95. The van der Waals surface area contributed by atoms with Crippen molar-refractivity contribution in [2.45, 2.75) is 38.3 Å². The fourth-order valence-electron chi connectivity index (χ4n) is 4.02. The van der Waals surface area contributed by atoms with Crippen molar-refractivity contribution in [1.29, 1.82) is 0 Å². The van der Waals surface area contributed by atoms with E-state index in [0.29, 0.717) is 5.69 Å². The summed E-state index contributed by atoms with van der Waals surface area (Å²) in [5.41, 5.74) is 5.07. The molecule has 0 spiro atoms. The van der Waals surface area contributed by atoms with Crippen molar-refractivity contribution in [2.24, 2.45) is 0 Å². The molecule has 2 amide bonds. The molecule has 2 aromatic carbocycles. The molecule has 1 atom stereocenters. The van der Waals surface area contributed by atoms with Gasteiger partial charge in [0.2, 0.25) is 5.91 Å². The first kappa shape index (κ1) is 23.4. The van der Waals surface area contributed by atoms with E-state index in [-0.39, 0.29) is 31.9 Å². The number of amides is 2. The quantitative estimate of drug-likeness (QED) is 0.429. The maximum absolute atomic E-state index is 12.7. The molecule has 34 heavy (non-hydrogen) atoms. The molecular formula is C24H24N4O5S. The van der Waals surface area contributed by atoms with Gasteiger partial charge < -0.3 is 20.5 Å². The summed E-state index contributed by atoms with van der Waals surface area (Å²) in [6.45, 7) is 2.07. The fraction of sp³-hybridized carbons (Fsp3) is 0.292. The minimum atomic E-state index is -1.06. The molecule has 9 nitrogen and oxygen atoms in total. The van der Waals surface area contributed by atoms with Crippen LogP contribution in [-0.4, -0.2) is 45.3 Å². The molecule has 3 N–H and O–H groups in total. The van der Waals surface area contributed by atoms with E-state index < -0.39 is 24.0 Å². The van der Waals surface area contributed by atoms with Crippen molar-refractivity contribution in [3.63, 3.8) is 0 Å². The topological polar surface area (TPSA) is 131 Å². The molecule has 0 bridgehead atoms. The van der Waals surface area contributed by atoms with Crippen molar-refractivity contribution in [3.05, 3.63) is 70.2 Å². The zero-order chi connectivity index (χ0) is 24.1. The van der Waals surface area contributed by atoms with Crippen LogP contribution in [0.1, 0.15) is 40.5 Å². The highest BCUT2D eigenvalue weighted by Gasteiger charge is 2.30. The number of aryl methyl sites for hydroxylation is 1. The average Bonchev–Trinajstić information content (AvgIpc) is 3.39. The van der Waals surface area contributed by atoms with E-state index in [1.54, 1.807) is 6.92 Å². The Morgan fingerprint density at radius 1 is 1.09 bits per heavy atom. The predicted molar refractivity (Wildman–Crippen MR) is 125 cm³/mol. The van der Waals surface area contributed by atoms with Crippen molar-refractivity contribution in [2.75, 3.05) is 6.61 Å². The van der Waals surface area contributed by atoms with Gasteiger partial charge in [0.25, 0.3) is 0 Å². The van der Waals surface area contributed by atoms with Gasteiger partial charge in [-0.1, -0.05) is 53.0 Å². The minimum absolute atomic E-state index is 0.0642. The van der Waals surface area contributed by atoms with E-state index in [4.69, 9.17) is 9.84 Å². The van der Waals surface area contributed by atoms with Crippen LogP contribution in [0.25, 0.3) is 11.1 Å². The summed E-state index contributed by atoms with van der Waals surface area (Å²) in [6, 6.07) is 14.9. The first-order valence-corrected chi connectivity index (χ1v) is 11.6. The number of hydrogen-bond acceptors (Lipinski definition) is 7. The van der Waals surface area contributed by atoms with Crippen LogP contribution < -0.4 is 10.6 Å². The Morgan fingerprint density at radius 3 is 2.32 bits per heavy atom. The van der Waals surface area contributed by atoms with Crippen LogP contribution in [0.3, 0.4) is 0 Å². The van der Waals surface area contributed by atoms with Crippen LogP contribution in [0.5, 0.6) is 0 Å². The summed E-state index contributed by atoms with van der Waals surface area (Å²) in [5, 5.41) is 18.2. The molecular weight excluding hydrogens is 456 g/mol. The Labute approximate surface area is 200 Å². The number of carbonyl (C=O) groups is 3. The minimum Gasteiger partial charge on any atom is -0.481 e. The van der Waals surface area contributed by atoms with E-state index in [0.717, 1.165) is 38.7 Å². The third-order valence-corrected chi connectivity index (χ3v) is 6.59. The van der Waals surface area contributed by atoms with Crippen LogP contribution in [0, 0.1) is 6.92 Å². The summed E-state index contributed by atoms with van der Waals surface area (Å²) in [4.78, 5) is 37.1. The number of fused-ring (bicyclic) bond motifs is 3. The van der Waals surface area contributed by atoms with Crippen molar-refractivity contribution < 1.29 is 24.2 Å². The number of benzene rings is 2. The highest BCUT2D eigenvalue weighted by molar-refractivity contribution is 7.05. The van der Waals surface area contributed by atoms with Gasteiger partial charge in [0.1, 0.15) is 12.6 Å². The zero-order valence-corrected chi connectivity index (χ0v) is 19.3. The number of nitrogens with one attached hydrogen (secondary N) is 2. The lowest BCUT2D eigenvalue weighted by Crippen LogP contribution is -2.47. The number of hydrogen-bond donors (Lipinski definition) is 3. The van der Waals surface area contributed by atoms with Gasteiger partial charge in [0.15, 0.2) is 0 Å². The molecule has 0 radical (unpaired) electrons. The Bertz CT molecular complexity index is 1170. The molecule has 1 unspecified atom stereocenters. The fourth-order valence-corrected chi connectivity index (χ4v) is 4.59. The molecule has 1 aromatic heterocycles. The van der Waals surface area contributed by atoms with Crippen molar-refractivity contribution >= 4 is 29.5 Å². The number of aromatic nitrogens is 2. The van der Waals surface area contributed by atoms with Crippen LogP contribution in [0.4, 0.5) is 4.79 Å². The molecule has 176 valence electrons. The van der Waals surface area contributed by atoms with Crippen LogP contribution in [0.2, 0.25) is 0 Å². The normalized spacial score (nSPS) is 13.0.